The van der Waals surface area contributed by atoms with E-state index < -0.39 is 0 Å². The lowest BCUT2D eigenvalue weighted by atomic mass is 9.99. The summed E-state index contributed by atoms with van der Waals surface area (Å²) >= 11 is 0. The number of carbonyl (C=O) groups excluding carboxylic acids is 1. The van der Waals surface area contributed by atoms with Crippen LogP contribution in [0.25, 0.3) is 0 Å². The van der Waals surface area contributed by atoms with Gasteiger partial charge in [0, 0.05) is 18.2 Å². The molecule has 0 aliphatic carbocycles. The zero-order chi connectivity index (χ0) is 14.3. The number of rotatable bonds is 8. The van der Waals surface area contributed by atoms with Crippen molar-refractivity contribution >= 4 is 6.29 Å². The molecular weight excluding hydrogens is 244 g/mol. The van der Waals surface area contributed by atoms with Crippen LogP contribution in [0.15, 0.2) is 6.07 Å². The van der Waals surface area contributed by atoms with Crippen LogP contribution in [0.4, 0.5) is 0 Å². The molecule has 0 bridgehead atoms. The van der Waals surface area contributed by atoms with Crippen LogP contribution in [-0.2, 0) is 9.47 Å². The molecule has 0 unspecified atom stereocenters. The maximum absolute atomic E-state index is 11.1. The monoisotopic (exact) mass is 266 g/mol. The van der Waals surface area contributed by atoms with Crippen molar-refractivity contribution in [1.82, 2.24) is 0 Å². The second kappa shape index (κ2) is 7.92. The van der Waals surface area contributed by atoms with E-state index >= 15 is 0 Å². The fourth-order valence-electron chi connectivity index (χ4n) is 2.03. The molecule has 0 aromatic heterocycles. The van der Waals surface area contributed by atoms with E-state index in [1.807, 2.05) is 26.8 Å². The van der Waals surface area contributed by atoms with Gasteiger partial charge in [-0.1, -0.05) is 6.07 Å². The first-order chi connectivity index (χ1) is 9.11. The summed E-state index contributed by atoms with van der Waals surface area (Å²) in [5, 5.41) is 0. The topological polar surface area (TPSA) is 44.8 Å². The Bertz CT molecular complexity index is 427. The molecule has 1 aromatic rings. The van der Waals surface area contributed by atoms with Gasteiger partial charge in [-0.05, 0) is 31.9 Å². The van der Waals surface area contributed by atoms with Crippen LogP contribution in [0.3, 0.4) is 0 Å². The number of hydrogen-bond acceptors (Lipinski definition) is 4. The highest BCUT2D eigenvalue weighted by Gasteiger charge is 2.11. The van der Waals surface area contributed by atoms with Gasteiger partial charge in [-0.2, -0.15) is 0 Å². The second-order valence-corrected chi connectivity index (χ2v) is 4.45. The fourth-order valence-corrected chi connectivity index (χ4v) is 2.03. The molecule has 0 heterocycles. The van der Waals surface area contributed by atoms with Crippen LogP contribution in [0.1, 0.15) is 27.0 Å². The third-order valence-corrected chi connectivity index (χ3v) is 2.98. The van der Waals surface area contributed by atoms with E-state index in [1.54, 1.807) is 7.11 Å². The average Bonchev–Trinajstić information content (AvgIpc) is 2.37. The summed E-state index contributed by atoms with van der Waals surface area (Å²) in [4.78, 5) is 11.1. The predicted molar refractivity (Wildman–Crippen MR) is 74.2 cm³/mol. The molecule has 0 N–H and O–H groups in total. The van der Waals surface area contributed by atoms with Crippen molar-refractivity contribution in [2.45, 2.75) is 20.8 Å². The van der Waals surface area contributed by atoms with E-state index in [2.05, 4.69) is 0 Å². The summed E-state index contributed by atoms with van der Waals surface area (Å²) in [5.74, 6) is 0.781. The molecule has 0 saturated heterocycles. The summed E-state index contributed by atoms with van der Waals surface area (Å²) in [6.07, 6.45) is 0.881. The maximum atomic E-state index is 11.1. The van der Waals surface area contributed by atoms with Crippen LogP contribution in [0.2, 0.25) is 0 Å². The van der Waals surface area contributed by atoms with Crippen LogP contribution < -0.4 is 4.74 Å². The van der Waals surface area contributed by atoms with Gasteiger partial charge in [-0.3, -0.25) is 4.79 Å². The van der Waals surface area contributed by atoms with E-state index in [0.717, 1.165) is 28.7 Å². The first-order valence-corrected chi connectivity index (χ1v) is 6.37. The number of benzene rings is 1. The molecule has 4 nitrogen and oxygen atoms in total. The Labute approximate surface area is 114 Å². The SMILES string of the molecule is COCCOCCOc1c(C)cc(C)c(C=O)c1C. The Morgan fingerprint density at radius 3 is 2.37 bits per heavy atom. The van der Waals surface area contributed by atoms with Crippen LogP contribution in [0.5, 0.6) is 5.75 Å². The molecule has 4 heteroatoms. The van der Waals surface area contributed by atoms with Crippen LogP contribution in [0, 0.1) is 20.8 Å². The zero-order valence-corrected chi connectivity index (χ0v) is 12.1. The van der Waals surface area contributed by atoms with Crippen LogP contribution in [-0.4, -0.2) is 39.8 Å². The summed E-state index contributed by atoms with van der Waals surface area (Å²) < 4.78 is 15.9. The third kappa shape index (κ3) is 4.33. The van der Waals surface area contributed by atoms with Gasteiger partial charge >= 0.3 is 0 Å². The van der Waals surface area contributed by atoms with E-state index in [0.29, 0.717) is 32.0 Å². The molecule has 1 rings (SSSR count). The Balaban J connectivity index is 2.61. The van der Waals surface area contributed by atoms with Gasteiger partial charge in [-0.25, -0.2) is 0 Å². The lowest BCUT2D eigenvalue weighted by Crippen LogP contribution is -2.11. The van der Waals surface area contributed by atoms with Crippen molar-refractivity contribution in [2.75, 3.05) is 33.5 Å². The molecule has 0 saturated carbocycles. The lowest BCUT2D eigenvalue weighted by molar-refractivity contribution is 0.0542. The second-order valence-electron chi connectivity index (χ2n) is 4.45. The summed E-state index contributed by atoms with van der Waals surface area (Å²) in [6, 6.07) is 1.97. The van der Waals surface area contributed by atoms with Crippen molar-refractivity contribution in [3.05, 3.63) is 28.3 Å². The summed E-state index contributed by atoms with van der Waals surface area (Å²) in [7, 11) is 1.64. The Morgan fingerprint density at radius 2 is 1.74 bits per heavy atom. The number of aryl methyl sites for hydroxylation is 2. The van der Waals surface area contributed by atoms with Crippen LogP contribution >= 0.6 is 0 Å². The van der Waals surface area contributed by atoms with Crippen molar-refractivity contribution < 1.29 is 19.0 Å². The van der Waals surface area contributed by atoms with Crippen molar-refractivity contribution in [3.63, 3.8) is 0 Å². The average molecular weight is 266 g/mol. The fraction of sp³-hybridized carbons (Fsp3) is 0.533. The molecule has 19 heavy (non-hydrogen) atoms. The zero-order valence-electron chi connectivity index (χ0n) is 12.1. The number of aldehydes is 1. The highest BCUT2D eigenvalue weighted by molar-refractivity contribution is 5.81. The maximum Gasteiger partial charge on any atom is 0.150 e. The summed E-state index contributed by atoms with van der Waals surface area (Å²) in [6.45, 7) is 7.93. The number of methoxy groups -OCH3 is 1. The Morgan fingerprint density at radius 1 is 1.05 bits per heavy atom. The van der Waals surface area contributed by atoms with Gasteiger partial charge < -0.3 is 14.2 Å². The van der Waals surface area contributed by atoms with Gasteiger partial charge in [0.05, 0.1) is 19.8 Å². The molecule has 0 spiro atoms. The molecule has 0 radical (unpaired) electrons. The molecule has 0 fully saturated rings. The summed E-state index contributed by atoms with van der Waals surface area (Å²) in [5.41, 5.74) is 3.62. The van der Waals surface area contributed by atoms with Gasteiger partial charge in [0.1, 0.15) is 12.4 Å². The first-order valence-electron chi connectivity index (χ1n) is 6.37. The molecule has 0 aliphatic heterocycles. The van der Waals surface area contributed by atoms with E-state index in [1.165, 1.54) is 0 Å². The molecule has 106 valence electrons. The molecule has 1 aromatic carbocycles. The number of hydrogen-bond donors (Lipinski definition) is 0. The first kappa shape index (κ1) is 15.7. The Kier molecular flexibility index (Phi) is 6.53. The highest BCUT2D eigenvalue weighted by atomic mass is 16.5. The van der Waals surface area contributed by atoms with Crippen molar-refractivity contribution in [3.8, 4) is 5.75 Å². The van der Waals surface area contributed by atoms with Crippen molar-refractivity contribution in [2.24, 2.45) is 0 Å². The van der Waals surface area contributed by atoms with E-state index in [9.17, 15) is 4.79 Å². The minimum atomic E-state index is 0.465. The minimum Gasteiger partial charge on any atom is -0.491 e. The molecule has 0 amide bonds. The quantitative estimate of drug-likeness (QED) is 0.535. The Hall–Kier alpha value is -1.39. The third-order valence-electron chi connectivity index (χ3n) is 2.98. The van der Waals surface area contributed by atoms with Gasteiger partial charge in [0.15, 0.2) is 6.29 Å². The normalized spacial score (nSPS) is 10.5. The van der Waals surface area contributed by atoms with E-state index in [4.69, 9.17) is 14.2 Å². The molecule has 0 atom stereocenters. The van der Waals surface area contributed by atoms with Gasteiger partial charge in [0.2, 0.25) is 0 Å². The molecule has 0 aliphatic rings. The van der Waals surface area contributed by atoms with E-state index in [-0.39, 0.29) is 0 Å². The largest absolute Gasteiger partial charge is 0.491 e. The number of ether oxygens (including phenoxy) is 3. The number of carbonyl (C=O) groups is 1. The minimum absolute atomic E-state index is 0.465. The lowest BCUT2D eigenvalue weighted by Gasteiger charge is -2.15. The van der Waals surface area contributed by atoms with Gasteiger partial charge in [0.25, 0.3) is 0 Å². The van der Waals surface area contributed by atoms with Gasteiger partial charge in [-0.15, -0.1) is 0 Å². The van der Waals surface area contributed by atoms with Crippen molar-refractivity contribution in [1.29, 1.82) is 0 Å². The highest BCUT2D eigenvalue weighted by Crippen LogP contribution is 2.28. The predicted octanol–water partition coefficient (Wildman–Crippen LogP) is 2.47. The standard InChI is InChI=1S/C15H22O4/c1-11-9-12(2)15(13(3)14(11)10-16)19-8-7-18-6-5-17-4/h9-10H,5-8H2,1-4H3. The smallest absolute Gasteiger partial charge is 0.150 e. The molecular formula is C15H22O4.